The van der Waals surface area contributed by atoms with Crippen LogP contribution in [0.4, 0.5) is 10.5 Å². The molecule has 2 aromatic rings. The minimum atomic E-state index is -0.190. The molecule has 126 valence electrons. The van der Waals surface area contributed by atoms with E-state index < -0.39 is 0 Å². The average Bonchev–Trinajstić information content (AvgIpc) is 3.21. The van der Waals surface area contributed by atoms with Gasteiger partial charge in [0.15, 0.2) is 0 Å². The van der Waals surface area contributed by atoms with Crippen LogP contribution in [0.1, 0.15) is 16.9 Å². The van der Waals surface area contributed by atoms with Crippen LogP contribution in [0.15, 0.2) is 41.8 Å². The van der Waals surface area contributed by atoms with Gasteiger partial charge in [0.2, 0.25) is 5.91 Å². The molecule has 24 heavy (non-hydrogen) atoms. The molecule has 1 aromatic heterocycles. The number of benzene rings is 1. The van der Waals surface area contributed by atoms with Gasteiger partial charge in [-0.05, 0) is 30.5 Å². The Labute approximate surface area is 145 Å². The van der Waals surface area contributed by atoms with Gasteiger partial charge in [-0.3, -0.25) is 4.79 Å². The normalized spacial score (nSPS) is 17.1. The van der Waals surface area contributed by atoms with E-state index >= 15 is 0 Å². The number of hydrogen-bond donors (Lipinski definition) is 2. The second kappa shape index (κ2) is 7.49. The zero-order valence-electron chi connectivity index (χ0n) is 13.6. The van der Waals surface area contributed by atoms with Crippen molar-refractivity contribution in [2.75, 3.05) is 18.0 Å². The van der Waals surface area contributed by atoms with E-state index in [1.807, 2.05) is 48.7 Å². The van der Waals surface area contributed by atoms with Crippen molar-refractivity contribution in [3.63, 3.8) is 0 Å². The molecule has 3 amide bonds. The second-order valence-electron chi connectivity index (χ2n) is 6.05. The molecule has 0 spiro atoms. The highest BCUT2D eigenvalue weighted by Crippen LogP contribution is 2.24. The van der Waals surface area contributed by atoms with Crippen molar-refractivity contribution in [3.05, 3.63) is 52.2 Å². The van der Waals surface area contributed by atoms with Gasteiger partial charge in [-0.1, -0.05) is 23.8 Å². The SMILES string of the molecule is Cc1ccc(N2C[C@@H](CNC(=O)NCc3cccs3)CC2=O)cc1. The maximum absolute atomic E-state index is 12.2. The molecule has 1 saturated heterocycles. The number of hydrogen-bond acceptors (Lipinski definition) is 3. The summed E-state index contributed by atoms with van der Waals surface area (Å²) in [5, 5.41) is 7.68. The smallest absolute Gasteiger partial charge is 0.315 e. The summed E-state index contributed by atoms with van der Waals surface area (Å²) >= 11 is 1.61. The molecule has 0 unspecified atom stereocenters. The van der Waals surface area contributed by atoms with Crippen molar-refractivity contribution >= 4 is 29.0 Å². The zero-order chi connectivity index (χ0) is 16.9. The molecule has 0 saturated carbocycles. The molecular weight excluding hydrogens is 322 g/mol. The molecule has 2 N–H and O–H groups in total. The molecule has 1 aliphatic heterocycles. The minimum absolute atomic E-state index is 0.115. The molecule has 3 rings (SSSR count). The van der Waals surface area contributed by atoms with Crippen LogP contribution in [-0.4, -0.2) is 25.0 Å². The third-order valence-corrected chi connectivity index (χ3v) is 4.98. The number of carbonyl (C=O) groups is 2. The van der Waals surface area contributed by atoms with Gasteiger partial charge in [-0.2, -0.15) is 0 Å². The fraction of sp³-hybridized carbons (Fsp3) is 0.333. The van der Waals surface area contributed by atoms with E-state index in [1.54, 1.807) is 16.2 Å². The van der Waals surface area contributed by atoms with Crippen molar-refractivity contribution in [1.82, 2.24) is 10.6 Å². The molecule has 1 atom stereocenters. The van der Waals surface area contributed by atoms with Crippen LogP contribution < -0.4 is 15.5 Å². The number of urea groups is 1. The first-order chi connectivity index (χ1) is 11.6. The van der Waals surface area contributed by atoms with Crippen molar-refractivity contribution in [1.29, 1.82) is 0 Å². The van der Waals surface area contributed by atoms with E-state index in [1.165, 1.54) is 5.56 Å². The Kier molecular flexibility index (Phi) is 5.15. The van der Waals surface area contributed by atoms with Crippen LogP contribution in [0.3, 0.4) is 0 Å². The lowest BCUT2D eigenvalue weighted by atomic mass is 10.1. The summed E-state index contributed by atoms with van der Waals surface area (Å²) < 4.78 is 0. The average molecular weight is 343 g/mol. The first-order valence-corrected chi connectivity index (χ1v) is 8.91. The number of anilines is 1. The van der Waals surface area contributed by atoms with Crippen molar-refractivity contribution in [2.45, 2.75) is 19.9 Å². The predicted octanol–water partition coefficient (Wildman–Crippen LogP) is 2.91. The molecule has 5 nitrogen and oxygen atoms in total. The van der Waals surface area contributed by atoms with Gasteiger partial charge < -0.3 is 15.5 Å². The van der Waals surface area contributed by atoms with Gasteiger partial charge in [0.1, 0.15) is 0 Å². The number of rotatable bonds is 5. The van der Waals surface area contributed by atoms with E-state index in [-0.39, 0.29) is 17.9 Å². The zero-order valence-corrected chi connectivity index (χ0v) is 14.4. The fourth-order valence-electron chi connectivity index (χ4n) is 2.77. The Bertz CT molecular complexity index is 698. The lowest BCUT2D eigenvalue weighted by Crippen LogP contribution is -2.38. The summed E-state index contributed by atoms with van der Waals surface area (Å²) in [6.07, 6.45) is 0.471. The molecular formula is C18H21N3O2S. The number of amides is 3. The van der Waals surface area contributed by atoms with Gasteiger partial charge in [-0.15, -0.1) is 11.3 Å². The third kappa shape index (κ3) is 4.14. The first kappa shape index (κ1) is 16.5. The van der Waals surface area contributed by atoms with Crippen LogP contribution in [0.25, 0.3) is 0 Å². The fourth-order valence-corrected chi connectivity index (χ4v) is 3.42. The number of nitrogens with zero attached hydrogens (tertiary/aromatic N) is 1. The summed E-state index contributed by atoms with van der Waals surface area (Å²) in [6, 6.07) is 11.7. The highest BCUT2D eigenvalue weighted by Gasteiger charge is 2.30. The number of nitrogens with one attached hydrogen (secondary N) is 2. The molecule has 0 aliphatic carbocycles. The second-order valence-corrected chi connectivity index (χ2v) is 7.09. The van der Waals surface area contributed by atoms with Crippen LogP contribution in [-0.2, 0) is 11.3 Å². The van der Waals surface area contributed by atoms with E-state index in [9.17, 15) is 9.59 Å². The quantitative estimate of drug-likeness (QED) is 0.877. The molecule has 1 aromatic carbocycles. The molecule has 0 radical (unpaired) electrons. The topological polar surface area (TPSA) is 61.4 Å². The maximum Gasteiger partial charge on any atom is 0.315 e. The monoisotopic (exact) mass is 343 g/mol. The summed E-state index contributed by atoms with van der Waals surface area (Å²) in [7, 11) is 0. The highest BCUT2D eigenvalue weighted by molar-refractivity contribution is 7.09. The summed E-state index contributed by atoms with van der Waals surface area (Å²) in [5.41, 5.74) is 2.10. The van der Waals surface area contributed by atoms with Crippen molar-refractivity contribution in [2.24, 2.45) is 5.92 Å². The Morgan fingerprint density at radius 1 is 1.25 bits per heavy atom. The van der Waals surface area contributed by atoms with Crippen molar-refractivity contribution < 1.29 is 9.59 Å². The van der Waals surface area contributed by atoms with E-state index in [0.717, 1.165) is 10.6 Å². The van der Waals surface area contributed by atoms with Crippen molar-refractivity contribution in [3.8, 4) is 0 Å². The van der Waals surface area contributed by atoms with Crippen LogP contribution in [0, 0.1) is 12.8 Å². The molecule has 0 bridgehead atoms. The Morgan fingerprint density at radius 3 is 2.75 bits per heavy atom. The Morgan fingerprint density at radius 2 is 2.04 bits per heavy atom. The predicted molar refractivity (Wildman–Crippen MR) is 96.2 cm³/mol. The van der Waals surface area contributed by atoms with Gasteiger partial charge in [0.25, 0.3) is 0 Å². The molecule has 1 fully saturated rings. The molecule has 1 aliphatic rings. The highest BCUT2D eigenvalue weighted by atomic mass is 32.1. The summed E-state index contributed by atoms with van der Waals surface area (Å²) in [5.74, 6) is 0.260. The standard InChI is InChI=1S/C18H21N3O2S/c1-13-4-6-15(7-5-13)21-12-14(9-17(21)22)10-19-18(23)20-11-16-3-2-8-24-16/h2-8,14H,9-12H2,1H3,(H2,19,20,23)/t14-/m1/s1. The van der Waals surface area contributed by atoms with Gasteiger partial charge in [-0.25, -0.2) is 4.79 Å². The van der Waals surface area contributed by atoms with Crippen LogP contribution in [0.2, 0.25) is 0 Å². The van der Waals surface area contributed by atoms with Gasteiger partial charge >= 0.3 is 6.03 Å². The van der Waals surface area contributed by atoms with Crippen LogP contribution in [0.5, 0.6) is 0 Å². The lowest BCUT2D eigenvalue weighted by molar-refractivity contribution is -0.117. The largest absolute Gasteiger partial charge is 0.338 e. The summed E-state index contributed by atoms with van der Waals surface area (Å²) in [4.78, 5) is 27.0. The molecule has 6 heteroatoms. The number of thiophene rings is 1. The Hall–Kier alpha value is -2.34. The maximum atomic E-state index is 12.2. The third-order valence-electron chi connectivity index (χ3n) is 4.11. The number of carbonyl (C=O) groups excluding carboxylic acids is 2. The van der Waals surface area contributed by atoms with Gasteiger partial charge in [0, 0.05) is 36.0 Å². The first-order valence-electron chi connectivity index (χ1n) is 8.03. The van der Waals surface area contributed by atoms with Crippen LogP contribution >= 0.6 is 11.3 Å². The molecule has 2 heterocycles. The van der Waals surface area contributed by atoms with E-state index in [2.05, 4.69) is 10.6 Å². The summed E-state index contributed by atoms with van der Waals surface area (Å²) in [6.45, 7) is 3.71. The van der Waals surface area contributed by atoms with E-state index in [0.29, 0.717) is 26.1 Å². The van der Waals surface area contributed by atoms with Gasteiger partial charge in [0.05, 0.1) is 6.54 Å². The lowest BCUT2D eigenvalue weighted by Gasteiger charge is -2.17. The Balaban J connectivity index is 1.45. The minimum Gasteiger partial charge on any atom is -0.338 e. The number of aryl methyl sites for hydroxylation is 1. The van der Waals surface area contributed by atoms with E-state index in [4.69, 9.17) is 0 Å².